The number of hydrogen-bond acceptors (Lipinski definition) is 5. The van der Waals surface area contributed by atoms with Gasteiger partial charge in [0.15, 0.2) is 0 Å². The molecular formula is C21H20FN3O5S2. The molecular weight excluding hydrogens is 457 g/mol. The number of anilines is 2. The summed E-state index contributed by atoms with van der Waals surface area (Å²) in [7, 11) is -7.39. The molecule has 3 aromatic carbocycles. The average molecular weight is 478 g/mol. The first-order valence-electron chi connectivity index (χ1n) is 9.26. The fourth-order valence-corrected chi connectivity index (χ4v) is 4.43. The van der Waals surface area contributed by atoms with E-state index in [4.69, 9.17) is 0 Å². The third-order valence-corrected chi connectivity index (χ3v) is 6.26. The SMILES string of the molecule is CS(=O)(=O)Nc1ccccc1CNC(=O)c1ccc(S(=O)(=O)Nc2ccc(F)cc2)cc1. The fraction of sp³-hybridized carbons (Fsp3) is 0.0952. The van der Waals surface area contributed by atoms with Crippen LogP contribution in [0, 0.1) is 5.82 Å². The highest BCUT2D eigenvalue weighted by Gasteiger charge is 2.16. The molecule has 0 saturated carbocycles. The Morgan fingerprint density at radius 2 is 1.47 bits per heavy atom. The van der Waals surface area contributed by atoms with E-state index in [9.17, 15) is 26.0 Å². The topological polar surface area (TPSA) is 121 Å². The standard InChI is InChI=1S/C21H20FN3O5S2/c1-31(27,28)25-20-5-3-2-4-16(20)14-23-21(26)15-6-12-19(13-7-15)32(29,30)24-18-10-8-17(22)9-11-18/h2-13,24-25H,14H2,1H3,(H,23,26). The second-order valence-electron chi connectivity index (χ2n) is 6.85. The van der Waals surface area contributed by atoms with Gasteiger partial charge in [-0.15, -0.1) is 0 Å². The zero-order valence-corrected chi connectivity index (χ0v) is 18.5. The molecule has 0 radical (unpaired) electrons. The summed E-state index contributed by atoms with van der Waals surface area (Å²) in [6, 6.07) is 16.8. The van der Waals surface area contributed by atoms with Gasteiger partial charge < -0.3 is 5.32 Å². The quantitative estimate of drug-likeness (QED) is 0.461. The predicted molar refractivity (Wildman–Crippen MR) is 120 cm³/mol. The van der Waals surface area contributed by atoms with Crippen molar-refractivity contribution in [2.24, 2.45) is 0 Å². The van der Waals surface area contributed by atoms with E-state index >= 15 is 0 Å². The van der Waals surface area contributed by atoms with Crippen molar-refractivity contribution in [3.8, 4) is 0 Å². The van der Waals surface area contributed by atoms with Crippen LogP contribution in [0.4, 0.5) is 15.8 Å². The number of hydrogen-bond donors (Lipinski definition) is 3. The number of halogens is 1. The van der Waals surface area contributed by atoms with Gasteiger partial charge in [0.05, 0.1) is 16.8 Å². The van der Waals surface area contributed by atoms with Crippen molar-refractivity contribution in [2.45, 2.75) is 11.4 Å². The molecule has 0 aliphatic heterocycles. The monoisotopic (exact) mass is 477 g/mol. The maximum Gasteiger partial charge on any atom is 0.261 e. The summed E-state index contributed by atoms with van der Waals surface area (Å²) in [5.41, 5.74) is 1.34. The Labute approximate surface area is 185 Å². The highest BCUT2D eigenvalue weighted by atomic mass is 32.2. The Morgan fingerprint density at radius 3 is 2.09 bits per heavy atom. The van der Waals surface area contributed by atoms with Gasteiger partial charge in [-0.2, -0.15) is 0 Å². The number of para-hydroxylation sites is 1. The summed E-state index contributed by atoms with van der Waals surface area (Å²) < 4.78 is 65.6. The van der Waals surface area contributed by atoms with Crippen molar-refractivity contribution in [3.63, 3.8) is 0 Å². The number of amides is 1. The van der Waals surface area contributed by atoms with E-state index < -0.39 is 31.8 Å². The Kier molecular flexibility index (Phi) is 6.80. The van der Waals surface area contributed by atoms with Gasteiger partial charge in [-0.3, -0.25) is 14.2 Å². The van der Waals surface area contributed by atoms with E-state index in [1.54, 1.807) is 24.3 Å². The normalized spacial score (nSPS) is 11.6. The van der Waals surface area contributed by atoms with Gasteiger partial charge in [0.2, 0.25) is 10.0 Å². The van der Waals surface area contributed by atoms with Crippen LogP contribution in [0.3, 0.4) is 0 Å². The minimum atomic E-state index is -3.92. The number of benzene rings is 3. The first kappa shape index (κ1) is 23.2. The van der Waals surface area contributed by atoms with Gasteiger partial charge in [-0.05, 0) is 60.2 Å². The number of nitrogens with one attached hydrogen (secondary N) is 3. The van der Waals surface area contributed by atoms with Crippen molar-refractivity contribution in [1.82, 2.24) is 5.32 Å². The maximum absolute atomic E-state index is 13.0. The van der Waals surface area contributed by atoms with E-state index in [0.717, 1.165) is 18.4 Å². The zero-order chi connectivity index (χ0) is 23.4. The summed E-state index contributed by atoms with van der Waals surface area (Å²) in [6.45, 7) is 0.0592. The minimum absolute atomic E-state index is 0.0592. The van der Waals surface area contributed by atoms with Crippen molar-refractivity contribution in [1.29, 1.82) is 0 Å². The van der Waals surface area contributed by atoms with E-state index in [-0.39, 0.29) is 22.7 Å². The van der Waals surface area contributed by atoms with Crippen LogP contribution in [0.1, 0.15) is 15.9 Å². The highest BCUT2D eigenvalue weighted by molar-refractivity contribution is 7.92. The Morgan fingerprint density at radius 1 is 0.844 bits per heavy atom. The van der Waals surface area contributed by atoms with E-state index in [0.29, 0.717) is 11.3 Å². The molecule has 0 fully saturated rings. The van der Waals surface area contributed by atoms with Gasteiger partial charge in [0.25, 0.3) is 15.9 Å². The smallest absolute Gasteiger partial charge is 0.261 e. The van der Waals surface area contributed by atoms with Crippen molar-refractivity contribution in [3.05, 3.63) is 89.7 Å². The first-order valence-corrected chi connectivity index (χ1v) is 12.6. The lowest BCUT2D eigenvalue weighted by atomic mass is 10.1. The molecule has 0 heterocycles. The van der Waals surface area contributed by atoms with Crippen LogP contribution in [0.2, 0.25) is 0 Å². The Hall–Kier alpha value is -3.44. The molecule has 0 aliphatic rings. The highest BCUT2D eigenvalue weighted by Crippen LogP contribution is 2.18. The van der Waals surface area contributed by atoms with Crippen LogP contribution in [0.5, 0.6) is 0 Å². The van der Waals surface area contributed by atoms with Gasteiger partial charge in [-0.25, -0.2) is 21.2 Å². The van der Waals surface area contributed by atoms with E-state index in [2.05, 4.69) is 14.8 Å². The second-order valence-corrected chi connectivity index (χ2v) is 10.3. The number of carbonyl (C=O) groups excluding carboxylic acids is 1. The second kappa shape index (κ2) is 9.37. The summed E-state index contributed by atoms with van der Waals surface area (Å²) in [6.07, 6.45) is 1.03. The van der Waals surface area contributed by atoms with Crippen molar-refractivity contribution >= 4 is 37.3 Å². The lowest BCUT2D eigenvalue weighted by Gasteiger charge is -2.12. The van der Waals surface area contributed by atoms with E-state index in [1.165, 1.54) is 36.4 Å². The zero-order valence-electron chi connectivity index (χ0n) is 16.9. The van der Waals surface area contributed by atoms with E-state index in [1.807, 2.05) is 0 Å². The van der Waals surface area contributed by atoms with Gasteiger partial charge >= 0.3 is 0 Å². The number of sulfonamides is 2. The van der Waals surface area contributed by atoms with Crippen LogP contribution >= 0.6 is 0 Å². The molecule has 32 heavy (non-hydrogen) atoms. The molecule has 0 aliphatic carbocycles. The van der Waals surface area contributed by atoms with Crippen LogP contribution in [0.15, 0.2) is 77.7 Å². The summed E-state index contributed by atoms with van der Waals surface area (Å²) in [5, 5.41) is 2.67. The Balaban J connectivity index is 1.67. The summed E-state index contributed by atoms with van der Waals surface area (Å²) in [5.74, 6) is -0.951. The maximum atomic E-state index is 13.0. The molecule has 0 atom stereocenters. The fourth-order valence-electron chi connectivity index (χ4n) is 2.77. The molecule has 3 rings (SSSR count). The lowest BCUT2D eigenvalue weighted by molar-refractivity contribution is 0.0951. The molecule has 0 aromatic heterocycles. The van der Waals surface area contributed by atoms with Crippen molar-refractivity contribution < 1.29 is 26.0 Å². The minimum Gasteiger partial charge on any atom is -0.348 e. The molecule has 3 N–H and O–H groups in total. The molecule has 0 unspecified atom stereocenters. The molecule has 168 valence electrons. The van der Waals surface area contributed by atoms with Crippen molar-refractivity contribution in [2.75, 3.05) is 15.7 Å². The van der Waals surface area contributed by atoms with Crippen LogP contribution in [-0.2, 0) is 26.6 Å². The van der Waals surface area contributed by atoms with Gasteiger partial charge in [-0.1, -0.05) is 18.2 Å². The largest absolute Gasteiger partial charge is 0.348 e. The van der Waals surface area contributed by atoms with Gasteiger partial charge in [0, 0.05) is 17.8 Å². The number of carbonyl (C=O) groups is 1. The summed E-state index contributed by atoms with van der Waals surface area (Å²) in [4.78, 5) is 12.4. The molecule has 0 bridgehead atoms. The molecule has 3 aromatic rings. The Bertz CT molecular complexity index is 1320. The first-order chi connectivity index (χ1) is 15.0. The molecule has 0 spiro atoms. The third-order valence-electron chi connectivity index (χ3n) is 4.28. The average Bonchev–Trinajstić information content (AvgIpc) is 2.73. The molecule has 0 saturated heterocycles. The molecule has 11 heteroatoms. The number of rotatable bonds is 8. The summed E-state index contributed by atoms with van der Waals surface area (Å²) >= 11 is 0. The molecule has 8 nitrogen and oxygen atoms in total. The van der Waals surface area contributed by atoms with Crippen LogP contribution < -0.4 is 14.8 Å². The van der Waals surface area contributed by atoms with Gasteiger partial charge in [0.1, 0.15) is 5.82 Å². The lowest BCUT2D eigenvalue weighted by Crippen LogP contribution is -2.24. The van der Waals surface area contributed by atoms with Crippen LogP contribution in [-0.4, -0.2) is 29.0 Å². The molecule has 1 amide bonds. The van der Waals surface area contributed by atoms with Crippen LogP contribution in [0.25, 0.3) is 0 Å². The third kappa shape index (κ3) is 6.28. The predicted octanol–water partition coefficient (Wildman–Crippen LogP) is 2.93.